The molecule has 13 heteroatoms. The van der Waals surface area contributed by atoms with E-state index in [0.29, 0.717) is 37.7 Å². The van der Waals surface area contributed by atoms with Crippen molar-refractivity contribution < 1.29 is 28.1 Å². The van der Waals surface area contributed by atoms with Gasteiger partial charge in [0, 0.05) is 32.5 Å². The summed E-state index contributed by atoms with van der Waals surface area (Å²) >= 11 is 0. The summed E-state index contributed by atoms with van der Waals surface area (Å²) in [5, 5.41) is 22.7. The lowest BCUT2D eigenvalue weighted by Gasteiger charge is -2.39. The number of nitrogens with zero attached hydrogens (tertiary/aromatic N) is 6. The molecule has 1 aliphatic rings. The number of fused-ring (bicyclic) bond motifs is 1. The largest absolute Gasteiger partial charge is 0.408 e. The van der Waals surface area contributed by atoms with Crippen LogP contribution in [0.3, 0.4) is 0 Å². The Hall–Kier alpha value is -3.03. The van der Waals surface area contributed by atoms with E-state index in [-0.39, 0.29) is 29.3 Å². The molecule has 3 aromatic rings. The zero-order valence-electron chi connectivity index (χ0n) is 19.6. The molecule has 10 nitrogen and oxygen atoms in total. The van der Waals surface area contributed by atoms with Crippen molar-refractivity contribution in [1.82, 2.24) is 24.5 Å². The van der Waals surface area contributed by atoms with Crippen molar-refractivity contribution in [2.75, 3.05) is 37.0 Å². The lowest BCUT2D eigenvalue weighted by Crippen LogP contribution is -2.48. The first-order valence-electron chi connectivity index (χ1n) is 11.2. The number of imidazole rings is 1. The maximum absolute atomic E-state index is 13.5. The summed E-state index contributed by atoms with van der Waals surface area (Å²) in [6.45, 7) is 3.52. The van der Waals surface area contributed by atoms with Gasteiger partial charge in [-0.3, -0.25) is 0 Å². The minimum Gasteiger partial charge on any atom is -0.393 e. The SMILES string of the molecule is COC1(CO)CCN(c2nccc(Nc3cc4c(cn3)nc(C(C)O)n4C(C)C(F)(F)F)n2)CC1. The minimum absolute atomic E-state index is 0.0613. The van der Waals surface area contributed by atoms with E-state index in [9.17, 15) is 23.4 Å². The molecule has 1 fully saturated rings. The number of anilines is 3. The lowest BCUT2D eigenvalue weighted by atomic mass is 9.92. The van der Waals surface area contributed by atoms with Crippen molar-refractivity contribution in [3.8, 4) is 0 Å². The number of hydrogen-bond acceptors (Lipinski definition) is 9. The van der Waals surface area contributed by atoms with Gasteiger partial charge in [0.05, 0.1) is 23.9 Å². The molecule has 3 aromatic heterocycles. The van der Waals surface area contributed by atoms with E-state index in [1.54, 1.807) is 19.4 Å². The summed E-state index contributed by atoms with van der Waals surface area (Å²) in [7, 11) is 1.59. The van der Waals surface area contributed by atoms with E-state index < -0.39 is 23.9 Å². The summed E-state index contributed by atoms with van der Waals surface area (Å²) in [4.78, 5) is 19.2. The summed E-state index contributed by atoms with van der Waals surface area (Å²) in [6.07, 6.45) is -1.55. The van der Waals surface area contributed by atoms with Crippen LogP contribution in [-0.2, 0) is 4.74 Å². The number of hydrogen-bond donors (Lipinski definition) is 3. The summed E-state index contributed by atoms with van der Waals surface area (Å²) < 4.78 is 47.1. The minimum atomic E-state index is -4.53. The second-order valence-corrected chi connectivity index (χ2v) is 8.69. The van der Waals surface area contributed by atoms with Crippen LogP contribution in [0.5, 0.6) is 0 Å². The molecule has 2 unspecified atom stereocenters. The fourth-order valence-corrected chi connectivity index (χ4v) is 4.18. The van der Waals surface area contributed by atoms with Crippen molar-refractivity contribution in [2.45, 2.75) is 50.6 Å². The van der Waals surface area contributed by atoms with E-state index in [2.05, 4.69) is 25.3 Å². The van der Waals surface area contributed by atoms with Gasteiger partial charge < -0.3 is 29.7 Å². The molecule has 0 bridgehead atoms. The molecule has 4 heterocycles. The molecule has 190 valence electrons. The molecule has 0 spiro atoms. The number of aromatic nitrogens is 5. The van der Waals surface area contributed by atoms with Gasteiger partial charge in [-0.05, 0) is 32.8 Å². The number of halogens is 3. The van der Waals surface area contributed by atoms with Crippen molar-refractivity contribution in [1.29, 1.82) is 0 Å². The Morgan fingerprint density at radius 3 is 2.49 bits per heavy atom. The Labute approximate surface area is 199 Å². The van der Waals surface area contributed by atoms with Gasteiger partial charge in [0.15, 0.2) is 0 Å². The first-order chi connectivity index (χ1) is 16.6. The fourth-order valence-electron chi connectivity index (χ4n) is 4.18. The fraction of sp³-hybridized carbons (Fsp3) is 0.545. The van der Waals surface area contributed by atoms with Gasteiger partial charge in [0.2, 0.25) is 5.95 Å². The molecule has 3 N–H and O–H groups in total. The van der Waals surface area contributed by atoms with Crippen LogP contribution in [0.2, 0.25) is 0 Å². The van der Waals surface area contributed by atoms with Crippen LogP contribution in [0.25, 0.3) is 11.0 Å². The van der Waals surface area contributed by atoms with E-state index in [4.69, 9.17) is 4.74 Å². The number of ether oxygens (including phenoxy) is 1. The Morgan fingerprint density at radius 2 is 1.89 bits per heavy atom. The topological polar surface area (TPSA) is 121 Å². The number of aliphatic hydroxyl groups excluding tert-OH is 2. The van der Waals surface area contributed by atoms with Crippen LogP contribution in [-0.4, -0.2) is 73.3 Å². The molecule has 0 aliphatic carbocycles. The van der Waals surface area contributed by atoms with E-state index in [1.165, 1.54) is 19.2 Å². The number of piperidine rings is 1. The average molecular weight is 496 g/mol. The number of pyridine rings is 1. The predicted octanol–water partition coefficient (Wildman–Crippen LogP) is 3.12. The van der Waals surface area contributed by atoms with Crippen molar-refractivity contribution >= 4 is 28.6 Å². The zero-order valence-corrected chi connectivity index (χ0v) is 19.6. The molecular weight excluding hydrogens is 467 g/mol. The second-order valence-electron chi connectivity index (χ2n) is 8.69. The highest BCUT2D eigenvalue weighted by atomic mass is 19.4. The van der Waals surface area contributed by atoms with Crippen molar-refractivity contribution in [3.63, 3.8) is 0 Å². The molecule has 35 heavy (non-hydrogen) atoms. The Morgan fingerprint density at radius 1 is 1.17 bits per heavy atom. The molecular formula is C22H28F3N7O3. The first kappa shape index (κ1) is 25.1. The third-order valence-corrected chi connectivity index (χ3v) is 6.42. The molecule has 1 saturated heterocycles. The molecule has 2 atom stereocenters. The maximum Gasteiger partial charge on any atom is 0.408 e. The van der Waals surface area contributed by atoms with Gasteiger partial charge in [-0.15, -0.1) is 0 Å². The maximum atomic E-state index is 13.5. The van der Waals surface area contributed by atoms with Crippen LogP contribution >= 0.6 is 0 Å². The van der Waals surface area contributed by atoms with Crippen molar-refractivity contribution in [3.05, 3.63) is 30.4 Å². The lowest BCUT2D eigenvalue weighted by molar-refractivity contribution is -0.163. The number of alkyl halides is 3. The van der Waals surface area contributed by atoms with Gasteiger partial charge in [0.25, 0.3) is 0 Å². The van der Waals surface area contributed by atoms with Gasteiger partial charge in [0.1, 0.15) is 35.1 Å². The standard InChI is InChI=1S/C22H28F3N7O3/c1-13(34)19-28-15-11-27-18(10-16(15)32(19)14(2)22(23,24)25)29-17-4-7-26-20(30-17)31-8-5-21(12-33,35-3)6-9-31/h4,7,10-11,13-14,33-34H,5-6,8-9,12H2,1-3H3,(H,26,27,29,30). The number of methoxy groups -OCH3 is 1. The molecule has 0 amide bonds. The number of aliphatic hydroxyl groups is 2. The van der Waals surface area contributed by atoms with Gasteiger partial charge in [-0.2, -0.15) is 18.2 Å². The smallest absolute Gasteiger partial charge is 0.393 e. The Bertz CT molecular complexity index is 1170. The highest BCUT2D eigenvalue weighted by Crippen LogP contribution is 2.36. The number of rotatable bonds is 7. The molecule has 0 aromatic carbocycles. The molecule has 1 aliphatic heterocycles. The molecule has 0 saturated carbocycles. The number of nitrogens with one attached hydrogen (secondary N) is 1. The summed E-state index contributed by atoms with van der Waals surface area (Å²) in [6, 6.07) is 1.19. The average Bonchev–Trinajstić information content (AvgIpc) is 3.22. The van der Waals surface area contributed by atoms with Gasteiger partial charge >= 0.3 is 6.18 Å². The van der Waals surface area contributed by atoms with Crippen LogP contribution < -0.4 is 10.2 Å². The first-order valence-corrected chi connectivity index (χ1v) is 11.2. The highest BCUT2D eigenvalue weighted by Gasteiger charge is 2.40. The second kappa shape index (κ2) is 9.55. The van der Waals surface area contributed by atoms with Crippen LogP contribution in [0, 0.1) is 0 Å². The van der Waals surface area contributed by atoms with Gasteiger partial charge in [-0.1, -0.05) is 0 Å². The summed E-state index contributed by atoms with van der Waals surface area (Å²) in [5.74, 6) is 1.07. The highest BCUT2D eigenvalue weighted by molar-refractivity contribution is 5.79. The quantitative estimate of drug-likeness (QED) is 0.454. The monoisotopic (exact) mass is 495 g/mol. The van der Waals surface area contributed by atoms with E-state index in [1.807, 2.05) is 4.90 Å². The Balaban J connectivity index is 1.60. The predicted molar refractivity (Wildman–Crippen MR) is 123 cm³/mol. The van der Waals surface area contributed by atoms with Crippen molar-refractivity contribution in [2.24, 2.45) is 0 Å². The van der Waals surface area contributed by atoms with E-state index >= 15 is 0 Å². The third kappa shape index (κ3) is 5.02. The third-order valence-electron chi connectivity index (χ3n) is 6.42. The Kier molecular flexibility index (Phi) is 6.84. The van der Waals surface area contributed by atoms with Gasteiger partial charge in [-0.25, -0.2) is 15.0 Å². The van der Waals surface area contributed by atoms with Crippen LogP contribution in [0.4, 0.5) is 30.8 Å². The van der Waals surface area contributed by atoms with E-state index in [0.717, 1.165) is 11.5 Å². The normalized spacial score (nSPS) is 18.0. The summed E-state index contributed by atoms with van der Waals surface area (Å²) in [5.41, 5.74) is -0.134. The van der Waals surface area contributed by atoms with Crippen LogP contribution in [0.15, 0.2) is 24.5 Å². The van der Waals surface area contributed by atoms with Crippen LogP contribution in [0.1, 0.15) is 44.7 Å². The zero-order chi connectivity index (χ0) is 25.4. The molecule has 0 radical (unpaired) electrons. The molecule has 4 rings (SSSR count).